The van der Waals surface area contributed by atoms with Gasteiger partial charge in [-0.2, -0.15) is 0 Å². The number of imidazole rings is 1. The number of aromatic hydroxyl groups is 1. The number of hydrogen-bond donors (Lipinski definition) is 3. The van der Waals surface area contributed by atoms with Crippen LogP contribution in [0, 0.1) is 6.92 Å². The molecule has 3 N–H and O–H groups in total. The first kappa shape index (κ1) is 20.4. The van der Waals surface area contributed by atoms with E-state index in [4.69, 9.17) is 18.9 Å². The Morgan fingerprint density at radius 1 is 1.03 bits per heavy atom. The largest absolute Gasteiger partial charge is 0.501 e. The van der Waals surface area contributed by atoms with Crippen LogP contribution in [0.25, 0.3) is 45.0 Å². The van der Waals surface area contributed by atoms with Gasteiger partial charge in [0.15, 0.2) is 5.76 Å². The van der Waals surface area contributed by atoms with E-state index in [0.29, 0.717) is 28.7 Å². The molecule has 0 saturated carbocycles. The van der Waals surface area contributed by atoms with Gasteiger partial charge >= 0.3 is 0 Å². The number of ether oxygens (including phenoxy) is 2. The first-order valence-electron chi connectivity index (χ1n) is 10.2. The summed E-state index contributed by atoms with van der Waals surface area (Å²) in [5.74, 6) is 1.85. The van der Waals surface area contributed by atoms with Gasteiger partial charge in [-0.25, -0.2) is 4.98 Å². The number of fused-ring (bicyclic) bond motifs is 1. The van der Waals surface area contributed by atoms with E-state index in [9.17, 15) is 9.90 Å². The second-order valence-electron chi connectivity index (χ2n) is 7.55. The molecular weight excluding hydrogens is 422 g/mol. The summed E-state index contributed by atoms with van der Waals surface area (Å²) in [5.41, 5.74) is 2.81. The second kappa shape index (κ2) is 7.90. The number of nitrogens with one attached hydrogen (secondary N) is 2. The number of benzene rings is 2. The van der Waals surface area contributed by atoms with E-state index in [1.165, 1.54) is 6.07 Å². The summed E-state index contributed by atoms with van der Waals surface area (Å²) in [4.78, 5) is 23.6. The van der Waals surface area contributed by atoms with Gasteiger partial charge in [0.1, 0.15) is 34.5 Å². The Kier molecular flexibility index (Phi) is 4.90. The van der Waals surface area contributed by atoms with Crippen LogP contribution < -0.4 is 14.9 Å². The van der Waals surface area contributed by atoms with Crippen LogP contribution in [-0.4, -0.2) is 34.3 Å². The summed E-state index contributed by atoms with van der Waals surface area (Å²) < 4.78 is 16.4. The van der Waals surface area contributed by atoms with Gasteiger partial charge in [0.2, 0.25) is 11.2 Å². The standard InChI is InChI=1S/C25H21N3O5/c1-13-9-20(29)23(30)24(33-13)22-21(14-5-4-6-15(10-14)31-2)27-25(28-22)18-12-26-19-11-16(32-3)7-8-17(18)19/h4-12,26,30H,1-3H3,(H,27,28). The maximum absolute atomic E-state index is 12.3. The molecule has 0 amide bonds. The first-order valence-corrected chi connectivity index (χ1v) is 10.2. The maximum atomic E-state index is 12.3. The van der Waals surface area contributed by atoms with Gasteiger partial charge in [0.25, 0.3) is 0 Å². The molecule has 0 radical (unpaired) electrons. The van der Waals surface area contributed by atoms with Crippen LogP contribution in [0.15, 0.2) is 63.9 Å². The van der Waals surface area contributed by atoms with Gasteiger partial charge < -0.3 is 29.0 Å². The topological polar surface area (TPSA) is 113 Å². The van der Waals surface area contributed by atoms with Crippen molar-refractivity contribution >= 4 is 10.9 Å². The predicted octanol–water partition coefficient (Wildman–Crippen LogP) is 4.88. The van der Waals surface area contributed by atoms with Gasteiger partial charge in [-0.1, -0.05) is 12.1 Å². The maximum Gasteiger partial charge on any atom is 0.227 e. The van der Waals surface area contributed by atoms with E-state index in [0.717, 1.165) is 27.8 Å². The zero-order valence-electron chi connectivity index (χ0n) is 18.2. The third-order valence-corrected chi connectivity index (χ3v) is 5.46. The molecule has 0 unspecified atom stereocenters. The number of aryl methyl sites for hydroxylation is 1. The molecule has 2 aromatic carbocycles. The average molecular weight is 443 g/mol. The van der Waals surface area contributed by atoms with Crippen molar-refractivity contribution in [1.82, 2.24) is 15.0 Å². The fourth-order valence-electron chi connectivity index (χ4n) is 3.85. The van der Waals surface area contributed by atoms with Gasteiger partial charge in [-0.05, 0) is 31.2 Å². The van der Waals surface area contributed by atoms with Crippen LogP contribution in [0.3, 0.4) is 0 Å². The number of nitrogens with zero attached hydrogens (tertiary/aromatic N) is 1. The zero-order valence-corrected chi connectivity index (χ0v) is 18.2. The Hall–Kier alpha value is -4.46. The van der Waals surface area contributed by atoms with Crippen molar-refractivity contribution in [3.05, 3.63) is 70.7 Å². The van der Waals surface area contributed by atoms with E-state index in [-0.39, 0.29) is 5.76 Å². The van der Waals surface area contributed by atoms with Crippen molar-refractivity contribution in [2.75, 3.05) is 14.2 Å². The van der Waals surface area contributed by atoms with Crippen molar-refractivity contribution < 1.29 is 19.0 Å². The van der Waals surface area contributed by atoms with Crippen molar-refractivity contribution in [3.8, 4) is 51.3 Å². The summed E-state index contributed by atoms with van der Waals surface area (Å²) in [7, 11) is 3.20. The molecule has 0 atom stereocenters. The Bertz CT molecular complexity index is 1540. The molecule has 8 heteroatoms. The molecule has 33 heavy (non-hydrogen) atoms. The van der Waals surface area contributed by atoms with Crippen LogP contribution >= 0.6 is 0 Å². The molecule has 0 spiro atoms. The highest BCUT2D eigenvalue weighted by atomic mass is 16.5. The van der Waals surface area contributed by atoms with E-state index in [1.54, 1.807) is 21.1 Å². The lowest BCUT2D eigenvalue weighted by atomic mass is 10.1. The highest BCUT2D eigenvalue weighted by Crippen LogP contribution is 2.39. The van der Waals surface area contributed by atoms with Gasteiger partial charge in [0.05, 0.1) is 14.2 Å². The van der Waals surface area contributed by atoms with Crippen molar-refractivity contribution in [3.63, 3.8) is 0 Å². The molecule has 0 aliphatic rings. The third kappa shape index (κ3) is 3.51. The zero-order chi connectivity index (χ0) is 23.1. The Labute approximate surface area is 188 Å². The number of methoxy groups -OCH3 is 2. The van der Waals surface area contributed by atoms with E-state index < -0.39 is 11.2 Å². The monoisotopic (exact) mass is 443 g/mol. The predicted molar refractivity (Wildman–Crippen MR) is 125 cm³/mol. The highest BCUT2D eigenvalue weighted by Gasteiger charge is 2.23. The molecule has 3 heterocycles. The molecule has 0 aliphatic carbocycles. The molecule has 0 bridgehead atoms. The number of aromatic amines is 2. The number of H-pyrrole nitrogens is 2. The Balaban J connectivity index is 1.76. The van der Waals surface area contributed by atoms with Crippen molar-refractivity contribution in [2.45, 2.75) is 6.92 Å². The first-order chi connectivity index (χ1) is 16.0. The average Bonchev–Trinajstić information content (AvgIpc) is 3.45. The van der Waals surface area contributed by atoms with Crippen LogP contribution in [0.4, 0.5) is 0 Å². The quantitative estimate of drug-likeness (QED) is 0.357. The van der Waals surface area contributed by atoms with E-state index in [1.807, 2.05) is 48.7 Å². The molecule has 0 aliphatic heterocycles. The Morgan fingerprint density at radius 3 is 2.61 bits per heavy atom. The fraction of sp³-hybridized carbons (Fsp3) is 0.120. The van der Waals surface area contributed by atoms with Crippen LogP contribution in [0.1, 0.15) is 5.76 Å². The molecule has 166 valence electrons. The SMILES string of the molecule is COc1cccc(-c2nc(-c3c[nH]c4cc(OC)ccc34)[nH]c2-c2oc(C)cc(=O)c2O)c1. The normalized spacial score (nSPS) is 11.1. The van der Waals surface area contributed by atoms with Gasteiger partial charge in [0, 0.05) is 40.4 Å². The summed E-state index contributed by atoms with van der Waals surface area (Å²) >= 11 is 0. The van der Waals surface area contributed by atoms with Crippen LogP contribution in [0.5, 0.6) is 17.2 Å². The molecule has 0 saturated heterocycles. The molecule has 5 rings (SSSR count). The van der Waals surface area contributed by atoms with Crippen LogP contribution in [0.2, 0.25) is 0 Å². The van der Waals surface area contributed by atoms with Crippen molar-refractivity contribution in [2.24, 2.45) is 0 Å². The lowest BCUT2D eigenvalue weighted by Gasteiger charge is -2.06. The Morgan fingerprint density at radius 2 is 1.82 bits per heavy atom. The van der Waals surface area contributed by atoms with Crippen LogP contribution in [-0.2, 0) is 0 Å². The fourth-order valence-corrected chi connectivity index (χ4v) is 3.85. The van der Waals surface area contributed by atoms with Gasteiger partial charge in [-0.15, -0.1) is 0 Å². The molecule has 8 nitrogen and oxygen atoms in total. The van der Waals surface area contributed by atoms with Crippen molar-refractivity contribution in [1.29, 1.82) is 0 Å². The minimum absolute atomic E-state index is 0.0260. The molecule has 5 aromatic rings. The lowest BCUT2D eigenvalue weighted by molar-refractivity contribution is 0.415. The van der Waals surface area contributed by atoms with E-state index >= 15 is 0 Å². The summed E-state index contributed by atoms with van der Waals surface area (Å²) in [6.45, 7) is 1.65. The number of aromatic nitrogens is 3. The van der Waals surface area contributed by atoms with Gasteiger partial charge in [-0.3, -0.25) is 4.79 Å². The summed E-state index contributed by atoms with van der Waals surface area (Å²) in [6, 6.07) is 14.3. The minimum Gasteiger partial charge on any atom is -0.501 e. The number of rotatable bonds is 5. The number of hydrogen-bond acceptors (Lipinski definition) is 6. The second-order valence-corrected chi connectivity index (χ2v) is 7.55. The molecule has 3 aromatic heterocycles. The smallest absolute Gasteiger partial charge is 0.227 e. The highest BCUT2D eigenvalue weighted by molar-refractivity contribution is 5.96. The minimum atomic E-state index is -0.527. The van der Waals surface area contributed by atoms with E-state index in [2.05, 4.69) is 9.97 Å². The molecule has 0 fully saturated rings. The summed E-state index contributed by atoms with van der Waals surface area (Å²) in [6.07, 6.45) is 1.84. The summed E-state index contributed by atoms with van der Waals surface area (Å²) in [5, 5.41) is 11.5. The third-order valence-electron chi connectivity index (χ3n) is 5.46. The molecular formula is C25H21N3O5. The lowest BCUT2D eigenvalue weighted by Crippen LogP contribution is -2.01.